The molecule has 2 N–H and O–H groups in total. The van der Waals surface area contributed by atoms with E-state index in [1.807, 2.05) is 0 Å². The standard InChI is InChI=1S/C12H17NO/c1-8-5-6-9(2)12-11(8)10(13)4-3-7-14-12/h5-6,10H,3-4,7,13H2,1-2H3/t10-/m1/s1. The fourth-order valence-electron chi connectivity index (χ4n) is 2.08. The predicted molar refractivity (Wildman–Crippen MR) is 57.6 cm³/mol. The lowest BCUT2D eigenvalue weighted by atomic mass is 9.96. The third kappa shape index (κ3) is 1.50. The molecule has 0 saturated carbocycles. The Bertz CT molecular complexity index is 346. The summed E-state index contributed by atoms with van der Waals surface area (Å²) in [5.74, 6) is 1.02. The van der Waals surface area contributed by atoms with Crippen molar-refractivity contribution in [1.82, 2.24) is 0 Å². The molecule has 2 rings (SSSR count). The number of aryl methyl sites for hydroxylation is 2. The average molecular weight is 191 g/mol. The summed E-state index contributed by atoms with van der Waals surface area (Å²) in [6.45, 7) is 4.98. The third-order valence-corrected chi connectivity index (χ3v) is 2.89. The van der Waals surface area contributed by atoms with Crippen molar-refractivity contribution >= 4 is 0 Å². The van der Waals surface area contributed by atoms with E-state index in [1.54, 1.807) is 0 Å². The number of hydrogen-bond acceptors (Lipinski definition) is 2. The molecule has 0 aromatic heterocycles. The van der Waals surface area contributed by atoms with Gasteiger partial charge in [-0.25, -0.2) is 0 Å². The molecule has 1 heterocycles. The van der Waals surface area contributed by atoms with Crippen LogP contribution in [0.1, 0.15) is 35.6 Å². The maximum Gasteiger partial charge on any atom is 0.127 e. The smallest absolute Gasteiger partial charge is 0.127 e. The van der Waals surface area contributed by atoms with Gasteiger partial charge in [-0.2, -0.15) is 0 Å². The van der Waals surface area contributed by atoms with Crippen molar-refractivity contribution < 1.29 is 4.74 Å². The molecule has 0 spiro atoms. The Balaban J connectivity index is 2.57. The minimum absolute atomic E-state index is 0.146. The highest BCUT2D eigenvalue weighted by atomic mass is 16.5. The van der Waals surface area contributed by atoms with Crippen LogP contribution in [-0.4, -0.2) is 6.61 Å². The van der Waals surface area contributed by atoms with Gasteiger partial charge in [-0.05, 0) is 37.8 Å². The first-order valence-electron chi connectivity index (χ1n) is 5.18. The van der Waals surface area contributed by atoms with Gasteiger partial charge >= 0.3 is 0 Å². The molecule has 0 amide bonds. The maximum atomic E-state index is 6.14. The Morgan fingerprint density at radius 1 is 1.29 bits per heavy atom. The van der Waals surface area contributed by atoms with Gasteiger partial charge in [-0.15, -0.1) is 0 Å². The molecule has 0 fully saturated rings. The molecule has 0 radical (unpaired) electrons. The Kier molecular flexibility index (Phi) is 2.46. The molecule has 1 aromatic carbocycles. The topological polar surface area (TPSA) is 35.2 Å². The second-order valence-electron chi connectivity index (χ2n) is 4.04. The SMILES string of the molecule is Cc1ccc(C)c2c1OCCC[C@H]2N. The molecule has 1 atom stereocenters. The number of benzene rings is 1. The summed E-state index contributed by atoms with van der Waals surface area (Å²) in [5.41, 5.74) is 9.79. The lowest BCUT2D eigenvalue weighted by Crippen LogP contribution is -2.11. The van der Waals surface area contributed by atoms with Crippen LogP contribution in [0.15, 0.2) is 12.1 Å². The van der Waals surface area contributed by atoms with Crippen molar-refractivity contribution in [2.45, 2.75) is 32.7 Å². The van der Waals surface area contributed by atoms with Gasteiger partial charge in [-0.1, -0.05) is 12.1 Å². The Labute approximate surface area is 85.1 Å². The van der Waals surface area contributed by atoms with Crippen molar-refractivity contribution in [1.29, 1.82) is 0 Å². The van der Waals surface area contributed by atoms with Crippen LogP contribution in [0.25, 0.3) is 0 Å². The summed E-state index contributed by atoms with van der Waals surface area (Å²) in [6.07, 6.45) is 2.08. The molecular weight excluding hydrogens is 174 g/mol. The molecular formula is C12H17NO. The van der Waals surface area contributed by atoms with E-state index < -0.39 is 0 Å². The van der Waals surface area contributed by atoms with E-state index in [2.05, 4.69) is 26.0 Å². The summed E-state index contributed by atoms with van der Waals surface area (Å²) in [4.78, 5) is 0. The van der Waals surface area contributed by atoms with Gasteiger partial charge in [0, 0.05) is 11.6 Å². The molecule has 0 bridgehead atoms. The number of fused-ring (bicyclic) bond motifs is 1. The number of hydrogen-bond donors (Lipinski definition) is 1. The van der Waals surface area contributed by atoms with E-state index in [0.29, 0.717) is 0 Å². The zero-order valence-corrected chi connectivity index (χ0v) is 8.84. The third-order valence-electron chi connectivity index (χ3n) is 2.89. The van der Waals surface area contributed by atoms with E-state index >= 15 is 0 Å². The van der Waals surface area contributed by atoms with Crippen LogP contribution in [0.3, 0.4) is 0 Å². The van der Waals surface area contributed by atoms with E-state index in [-0.39, 0.29) is 6.04 Å². The van der Waals surface area contributed by atoms with E-state index in [9.17, 15) is 0 Å². The van der Waals surface area contributed by atoms with Gasteiger partial charge in [0.15, 0.2) is 0 Å². The zero-order valence-electron chi connectivity index (χ0n) is 8.84. The molecule has 0 unspecified atom stereocenters. The molecule has 2 nitrogen and oxygen atoms in total. The fraction of sp³-hybridized carbons (Fsp3) is 0.500. The van der Waals surface area contributed by atoms with Crippen LogP contribution < -0.4 is 10.5 Å². The van der Waals surface area contributed by atoms with Crippen molar-refractivity contribution in [2.24, 2.45) is 5.73 Å². The van der Waals surface area contributed by atoms with Gasteiger partial charge in [0.05, 0.1) is 6.61 Å². The normalized spacial score (nSPS) is 20.9. The molecule has 0 aliphatic carbocycles. The highest BCUT2D eigenvalue weighted by Gasteiger charge is 2.19. The quantitative estimate of drug-likeness (QED) is 0.683. The van der Waals surface area contributed by atoms with E-state index in [0.717, 1.165) is 25.2 Å². The first-order chi connectivity index (χ1) is 6.70. The molecule has 2 heteroatoms. The van der Waals surface area contributed by atoms with Crippen LogP contribution in [0.4, 0.5) is 0 Å². The van der Waals surface area contributed by atoms with Gasteiger partial charge < -0.3 is 10.5 Å². The monoisotopic (exact) mass is 191 g/mol. The lowest BCUT2D eigenvalue weighted by Gasteiger charge is -2.16. The molecule has 1 aromatic rings. The predicted octanol–water partition coefficient (Wildman–Crippen LogP) is 2.48. The zero-order chi connectivity index (χ0) is 10.1. The van der Waals surface area contributed by atoms with Crippen LogP contribution in [0.5, 0.6) is 5.75 Å². The Hall–Kier alpha value is -1.02. The van der Waals surface area contributed by atoms with Gasteiger partial charge in [0.25, 0.3) is 0 Å². The second-order valence-corrected chi connectivity index (χ2v) is 4.04. The summed E-state index contributed by atoms with van der Waals surface area (Å²) in [6, 6.07) is 4.38. The average Bonchev–Trinajstić information content (AvgIpc) is 2.35. The Morgan fingerprint density at radius 3 is 2.79 bits per heavy atom. The van der Waals surface area contributed by atoms with Crippen LogP contribution in [0.2, 0.25) is 0 Å². The largest absolute Gasteiger partial charge is 0.493 e. The highest BCUT2D eigenvalue weighted by molar-refractivity contribution is 5.47. The van der Waals surface area contributed by atoms with Crippen molar-refractivity contribution in [3.63, 3.8) is 0 Å². The van der Waals surface area contributed by atoms with Crippen molar-refractivity contribution in [2.75, 3.05) is 6.61 Å². The number of rotatable bonds is 0. The van der Waals surface area contributed by atoms with Crippen LogP contribution in [-0.2, 0) is 0 Å². The van der Waals surface area contributed by atoms with Gasteiger partial charge in [-0.3, -0.25) is 0 Å². The van der Waals surface area contributed by atoms with E-state index in [4.69, 9.17) is 10.5 Å². The summed E-state index contributed by atoms with van der Waals surface area (Å²) in [7, 11) is 0. The summed E-state index contributed by atoms with van der Waals surface area (Å²) in [5, 5.41) is 0. The minimum atomic E-state index is 0.146. The molecule has 76 valence electrons. The van der Waals surface area contributed by atoms with Crippen LogP contribution in [0, 0.1) is 13.8 Å². The minimum Gasteiger partial charge on any atom is -0.493 e. The number of ether oxygens (including phenoxy) is 1. The number of nitrogens with two attached hydrogens (primary N) is 1. The Morgan fingerprint density at radius 2 is 2.00 bits per heavy atom. The summed E-state index contributed by atoms with van der Waals surface area (Å²) >= 11 is 0. The molecule has 0 saturated heterocycles. The van der Waals surface area contributed by atoms with Crippen molar-refractivity contribution in [3.8, 4) is 5.75 Å². The maximum absolute atomic E-state index is 6.14. The lowest BCUT2D eigenvalue weighted by molar-refractivity contribution is 0.314. The van der Waals surface area contributed by atoms with E-state index in [1.165, 1.54) is 16.7 Å². The fourth-order valence-corrected chi connectivity index (χ4v) is 2.08. The highest BCUT2D eigenvalue weighted by Crippen LogP contribution is 2.35. The first-order valence-corrected chi connectivity index (χ1v) is 5.18. The molecule has 1 aliphatic heterocycles. The van der Waals surface area contributed by atoms with Gasteiger partial charge in [0.2, 0.25) is 0 Å². The molecule has 14 heavy (non-hydrogen) atoms. The van der Waals surface area contributed by atoms with Crippen molar-refractivity contribution in [3.05, 3.63) is 28.8 Å². The van der Waals surface area contributed by atoms with Crippen LogP contribution >= 0.6 is 0 Å². The summed E-state index contributed by atoms with van der Waals surface area (Å²) < 4.78 is 5.75. The molecule has 1 aliphatic rings. The second kappa shape index (κ2) is 3.62. The van der Waals surface area contributed by atoms with Gasteiger partial charge in [0.1, 0.15) is 5.75 Å². The first kappa shape index (κ1) is 9.53.